The smallest absolute Gasteiger partial charge is 0.159 e. The number of benzene rings is 2. The summed E-state index contributed by atoms with van der Waals surface area (Å²) in [7, 11) is -1.24. The molecule has 2 radical (unpaired) electrons. The first kappa shape index (κ1) is 17.4. The van der Waals surface area contributed by atoms with E-state index in [0.717, 1.165) is 0 Å². The summed E-state index contributed by atoms with van der Waals surface area (Å²) in [4.78, 5) is 0. The largest absolute Gasteiger partial charge is 0.354 e. The van der Waals surface area contributed by atoms with Crippen LogP contribution in [0, 0.1) is 0 Å². The topological polar surface area (TPSA) is 12.0 Å². The number of hydrogen-bond acceptors (Lipinski definition) is 1. The van der Waals surface area contributed by atoms with Crippen LogP contribution in [0.25, 0.3) is 0 Å². The van der Waals surface area contributed by atoms with Gasteiger partial charge in [-0.05, 0) is 10.4 Å². The molecule has 2 aromatic rings. The number of nitrogens with one attached hydrogen (secondary N) is 1. The number of allylic oxidation sites excluding steroid dienone is 2. The van der Waals surface area contributed by atoms with Crippen molar-refractivity contribution in [2.75, 3.05) is 0 Å². The van der Waals surface area contributed by atoms with E-state index in [4.69, 9.17) is 0 Å². The first-order valence-electron chi connectivity index (χ1n) is 6.97. The predicted octanol–water partition coefficient (Wildman–Crippen LogP) is 2.99. The lowest BCUT2D eigenvalue weighted by Gasteiger charge is -2.17. The molecule has 0 saturated heterocycles. The number of hydrogen-bond donors (Lipinski definition) is 1. The van der Waals surface area contributed by atoms with Crippen molar-refractivity contribution in [3.8, 4) is 0 Å². The number of rotatable bonds is 5. The highest BCUT2D eigenvalue weighted by Crippen LogP contribution is 1.90. The van der Waals surface area contributed by atoms with E-state index in [1.807, 2.05) is 0 Å². The first-order valence-corrected chi connectivity index (χ1v) is 11.0. The molecule has 0 aliphatic carbocycles. The van der Waals surface area contributed by atoms with Crippen LogP contribution in [0.5, 0.6) is 0 Å². The molecule has 0 aliphatic rings. The Balaban J connectivity index is 0.000000491. The highest BCUT2D eigenvalue weighted by Gasteiger charge is 2.14. The van der Waals surface area contributed by atoms with Gasteiger partial charge in [-0.3, -0.25) is 0 Å². The predicted molar refractivity (Wildman–Crippen MR) is 98.9 cm³/mol. The Bertz CT molecular complexity index is 476. The molecule has 0 spiro atoms. The van der Waals surface area contributed by atoms with Crippen LogP contribution >= 0.6 is 0 Å². The summed E-state index contributed by atoms with van der Waals surface area (Å²) in [6.07, 6.45) is 3.28. The van der Waals surface area contributed by atoms with Crippen LogP contribution in [-0.2, 0) is 0 Å². The van der Waals surface area contributed by atoms with E-state index in [0.29, 0.717) is 0 Å². The van der Waals surface area contributed by atoms with Gasteiger partial charge in [-0.1, -0.05) is 99.1 Å². The van der Waals surface area contributed by atoms with Crippen LogP contribution in [0.2, 0.25) is 13.1 Å². The maximum atomic E-state index is 3.82. The van der Waals surface area contributed by atoms with Crippen molar-refractivity contribution in [2.24, 2.45) is 0 Å². The molecular weight excluding hydrogens is 286 g/mol. The minimum absolute atomic E-state index is 0.618. The molecule has 0 bridgehead atoms. The van der Waals surface area contributed by atoms with Crippen LogP contribution in [0.3, 0.4) is 0 Å². The lowest BCUT2D eigenvalue weighted by Crippen LogP contribution is -2.54. The van der Waals surface area contributed by atoms with Crippen LogP contribution in [0.15, 0.2) is 86.0 Å². The molecule has 0 aromatic heterocycles. The fourth-order valence-electron chi connectivity index (χ4n) is 1.80. The molecule has 0 saturated carbocycles. The van der Waals surface area contributed by atoms with Gasteiger partial charge in [0.1, 0.15) is 0 Å². The molecule has 1 N–H and O–H groups in total. The van der Waals surface area contributed by atoms with Gasteiger partial charge in [-0.25, -0.2) is 0 Å². The van der Waals surface area contributed by atoms with E-state index in [-0.39, 0.29) is 0 Å². The van der Waals surface area contributed by atoms with Gasteiger partial charge in [0, 0.05) is 0 Å². The van der Waals surface area contributed by atoms with Gasteiger partial charge in [0.2, 0.25) is 0 Å². The van der Waals surface area contributed by atoms with E-state index in [9.17, 15) is 0 Å². The third-order valence-electron chi connectivity index (χ3n) is 2.96. The second-order valence-electron chi connectivity index (χ2n) is 4.58. The van der Waals surface area contributed by atoms with Crippen molar-refractivity contribution in [3.05, 3.63) is 86.0 Å². The van der Waals surface area contributed by atoms with Crippen molar-refractivity contribution in [3.63, 3.8) is 0 Å². The fraction of sp³-hybridized carbons (Fsp3) is 0.111. The van der Waals surface area contributed by atoms with Gasteiger partial charge in [0.05, 0.1) is 0 Å². The summed E-state index contributed by atoms with van der Waals surface area (Å²) in [5, 5.41) is 2.91. The summed E-state index contributed by atoms with van der Waals surface area (Å²) in [5.41, 5.74) is 0. The van der Waals surface area contributed by atoms with E-state index in [2.05, 4.69) is 91.6 Å². The van der Waals surface area contributed by atoms with Gasteiger partial charge in [0.15, 0.2) is 17.9 Å². The van der Waals surface area contributed by atoms with Crippen molar-refractivity contribution in [2.45, 2.75) is 13.1 Å². The molecule has 0 heterocycles. The Morgan fingerprint density at radius 1 is 0.714 bits per heavy atom. The summed E-state index contributed by atoms with van der Waals surface area (Å²) < 4.78 is 3.82. The van der Waals surface area contributed by atoms with Crippen LogP contribution in [0.4, 0.5) is 0 Å². The van der Waals surface area contributed by atoms with Gasteiger partial charge in [-0.2, -0.15) is 0 Å². The Hall–Kier alpha value is -1.69. The standard InChI is InChI=1S/C14H17NSi2.C4H6/c1-16(13-9-5-3-6-10-13)15-17(2)14-11-7-4-8-12-14;1-3-4-2/h3-12,15H,1-2H3;3-4H,1-2H2. The van der Waals surface area contributed by atoms with Crippen molar-refractivity contribution in [1.29, 1.82) is 0 Å². The molecule has 3 heteroatoms. The van der Waals surface area contributed by atoms with Crippen molar-refractivity contribution < 1.29 is 0 Å². The van der Waals surface area contributed by atoms with E-state index >= 15 is 0 Å². The normalized spacial score (nSPS) is 9.90. The fourth-order valence-corrected chi connectivity index (χ4v) is 6.59. The van der Waals surface area contributed by atoms with E-state index in [1.54, 1.807) is 12.2 Å². The molecule has 0 atom stereocenters. The zero-order valence-corrected chi connectivity index (χ0v) is 14.8. The molecular formula is C18H23NSi2. The highest BCUT2D eigenvalue weighted by molar-refractivity contribution is 6.85. The molecule has 0 unspecified atom stereocenters. The quantitative estimate of drug-likeness (QED) is 0.661. The van der Waals surface area contributed by atoms with Gasteiger partial charge in [-0.15, -0.1) is 0 Å². The maximum Gasteiger partial charge on any atom is 0.159 e. The summed E-state index contributed by atoms with van der Waals surface area (Å²) in [6.45, 7) is 11.4. The Morgan fingerprint density at radius 3 is 1.33 bits per heavy atom. The molecule has 0 fully saturated rings. The van der Waals surface area contributed by atoms with Crippen molar-refractivity contribution >= 4 is 28.3 Å². The summed E-state index contributed by atoms with van der Waals surface area (Å²) >= 11 is 0. The zero-order valence-electron chi connectivity index (χ0n) is 12.8. The Morgan fingerprint density at radius 2 is 1.05 bits per heavy atom. The SMILES string of the molecule is C=CC=C.C[Si](N[Si](C)c1ccccc1)c1ccccc1. The molecule has 0 aliphatic heterocycles. The Kier molecular flexibility index (Phi) is 8.35. The average molecular weight is 310 g/mol. The molecule has 108 valence electrons. The lowest BCUT2D eigenvalue weighted by atomic mass is 10.4. The molecule has 2 rings (SSSR count). The van der Waals surface area contributed by atoms with Crippen molar-refractivity contribution in [1.82, 2.24) is 4.65 Å². The minimum atomic E-state index is -0.618. The van der Waals surface area contributed by atoms with E-state index < -0.39 is 17.9 Å². The summed E-state index contributed by atoms with van der Waals surface area (Å²) in [6, 6.07) is 21.5. The lowest BCUT2D eigenvalue weighted by molar-refractivity contribution is 1.47. The van der Waals surface area contributed by atoms with Gasteiger partial charge in [0.25, 0.3) is 0 Å². The molecule has 0 amide bonds. The third kappa shape index (κ3) is 6.53. The third-order valence-corrected chi connectivity index (χ3v) is 8.35. The monoisotopic (exact) mass is 309 g/mol. The van der Waals surface area contributed by atoms with E-state index in [1.165, 1.54) is 10.4 Å². The zero-order chi connectivity index (χ0) is 15.5. The summed E-state index contributed by atoms with van der Waals surface area (Å²) in [5.74, 6) is 0. The average Bonchev–Trinajstić information content (AvgIpc) is 2.56. The second kappa shape index (κ2) is 10.1. The molecule has 2 aromatic carbocycles. The highest BCUT2D eigenvalue weighted by atomic mass is 28.3. The minimum Gasteiger partial charge on any atom is -0.354 e. The van der Waals surface area contributed by atoms with Crippen LogP contribution in [0.1, 0.15) is 0 Å². The first-order chi connectivity index (χ1) is 10.2. The van der Waals surface area contributed by atoms with Crippen LogP contribution in [-0.4, -0.2) is 17.9 Å². The van der Waals surface area contributed by atoms with Gasteiger partial charge < -0.3 is 4.65 Å². The van der Waals surface area contributed by atoms with Gasteiger partial charge >= 0.3 is 0 Å². The van der Waals surface area contributed by atoms with Crippen LogP contribution < -0.4 is 15.0 Å². The maximum absolute atomic E-state index is 3.82. The molecule has 1 nitrogen and oxygen atoms in total. The molecule has 21 heavy (non-hydrogen) atoms. The second-order valence-corrected chi connectivity index (χ2v) is 9.23. The Labute approximate surface area is 132 Å².